The van der Waals surface area contributed by atoms with Crippen molar-refractivity contribution in [2.24, 2.45) is 0 Å². The van der Waals surface area contributed by atoms with Crippen molar-refractivity contribution in [3.8, 4) is 0 Å². The van der Waals surface area contributed by atoms with E-state index in [0.29, 0.717) is 16.1 Å². The van der Waals surface area contributed by atoms with E-state index in [1.807, 2.05) is 18.4 Å². The van der Waals surface area contributed by atoms with Crippen LogP contribution in [0.2, 0.25) is 0 Å². The fourth-order valence-electron chi connectivity index (χ4n) is 3.05. The second-order valence-corrected chi connectivity index (χ2v) is 7.46. The Labute approximate surface area is 162 Å². The number of hydrogen-bond acceptors (Lipinski definition) is 5. The lowest BCUT2D eigenvalue weighted by atomic mass is 10.0. The van der Waals surface area contributed by atoms with Crippen LogP contribution in [-0.4, -0.2) is 41.9 Å². The third-order valence-corrected chi connectivity index (χ3v) is 5.44. The molecule has 1 atom stereocenters. The number of hydrogen-bond donors (Lipinski definition) is 1. The summed E-state index contributed by atoms with van der Waals surface area (Å²) >= 11 is 1.36. The van der Waals surface area contributed by atoms with Crippen LogP contribution in [0.5, 0.6) is 0 Å². The maximum Gasteiger partial charge on any atom is 0.338 e. The van der Waals surface area contributed by atoms with E-state index in [4.69, 9.17) is 4.74 Å². The Hall–Kier alpha value is -2.67. The molecule has 1 N–H and O–H groups in total. The highest BCUT2D eigenvalue weighted by Crippen LogP contribution is 2.17. The topological polar surface area (TPSA) is 75.7 Å². The van der Waals surface area contributed by atoms with Gasteiger partial charge in [0, 0.05) is 18.3 Å². The van der Waals surface area contributed by atoms with E-state index in [1.54, 1.807) is 35.2 Å². The molecule has 2 amide bonds. The number of nitrogens with zero attached hydrogens (tertiary/aromatic N) is 1. The summed E-state index contributed by atoms with van der Waals surface area (Å²) in [6.45, 7) is 2.48. The predicted octanol–water partition coefficient (Wildman–Crippen LogP) is 3.56. The molecule has 3 rings (SSSR count). The van der Waals surface area contributed by atoms with Crippen LogP contribution < -0.4 is 5.32 Å². The van der Waals surface area contributed by atoms with Crippen molar-refractivity contribution in [3.63, 3.8) is 0 Å². The number of piperidine rings is 1. The number of thiophene rings is 1. The summed E-state index contributed by atoms with van der Waals surface area (Å²) in [6.07, 6.45) is 3.10. The van der Waals surface area contributed by atoms with Crippen molar-refractivity contribution in [1.82, 2.24) is 4.90 Å². The normalized spacial score (nSPS) is 16.6. The molecule has 0 spiro atoms. The lowest BCUT2D eigenvalue weighted by Crippen LogP contribution is -2.44. The van der Waals surface area contributed by atoms with Crippen LogP contribution in [0.15, 0.2) is 41.8 Å². The molecule has 0 unspecified atom stereocenters. The Morgan fingerprint density at radius 1 is 1.19 bits per heavy atom. The summed E-state index contributed by atoms with van der Waals surface area (Å²) in [7, 11) is 0. The Morgan fingerprint density at radius 2 is 1.96 bits per heavy atom. The minimum Gasteiger partial charge on any atom is -0.452 e. The Bertz CT molecular complexity index is 802. The molecular formula is C20H22N2O4S. The van der Waals surface area contributed by atoms with Gasteiger partial charge in [0.1, 0.15) is 0 Å². The van der Waals surface area contributed by atoms with E-state index < -0.39 is 5.97 Å². The zero-order valence-electron chi connectivity index (χ0n) is 15.1. The first-order chi connectivity index (χ1) is 13.0. The molecule has 1 aromatic carbocycles. The number of carbonyl (C=O) groups excluding carboxylic acids is 3. The number of nitrogens with one attached hydrogen (secondary N) is 1. The maximum atomic E-state index is 12.2. The van der Waals surface area contributed by atoms with Gasteiger partial charge in [0.2, 0.25) is 0 Å². The van der Waals surface area contributed by atoms with Crippen LogP contribution in [0.4, 0.5) is 5.69 Å². The van der Waals surface area contributed by atoms with E-state index in [0.717, 1.165) is 25.8 Å². The van der Waals surface area contributed by atoms with E-state index in [-0.39, 0.29) is 24.5 Å². The first kappa shape index (κ1) is 19.1. The number of anilines is 1. The zero-order chi connectivity index (χ0) is 19.2. The van der Waals surface area contributed by atoms with Gasteiger partial charge in [-0.25, -0.2) is 4.79 Å². The van der Waals surface area contributed by atoms with Crippen molar-refractivity contribution < 1.29 is 19.1 Å². The summed E-state index contributed by atoms with van der Waals surface area (Å²) in [5.74, 6) is -0.902. The molecule has 1 aliphatic heterocycles. The maximum absolute atomic E-state index is 12.2. The molecule has 1 fully saturated rings. The predicted molar refractivity (Wildman–Crippen MR) is 104 cm³/mol. The second kappa shape index (κ2) is 8.81. The highest BCUT2D eigenvalue weighted by Gasteiger charge is 2.24. The van der Waals surface area contributed by atoms with Gasteiger partial charge in [0.05, 0.1) is 10.4 Å². The summed E-state index contributed by atoms with van der Waals surface area (Å²) in [4.78, 5) is 38.8. The number of amides is 2. The molecule has 0 saturated carbocycles. The van der Waals surface area contributed by atoms with Crippen LogP contribution in [-0.2, 0) is 9.53 Å². The van der Waals surface area contributed by atoms with Crippen LogP contribution >= 0.6 is 11.3 Å². The molecule has 1 aromatic heterocycles. The molecule has 27 heavy (non-hydrogen) atoms. The number of rotatable bonds is 5. The monoisotopic (exact) mass is 386 g/mol. The third kappa shape index (κ3) is 4.95. The highest BCUT2D eigenvalue weighted by atomic mass is 32.1. The Balaban J connectivity index is 1.51. The fourth-order valence-corrected chi connectivity index (χ4v) is 3.67. The van der Waals surface area contributed by atoms with Gasteiger partial charge in [-0.2, -0.15) is 0 Å². The van der Waals surface area contributed by atoms with Gasteiger partial charge < -0.3 is 15.0 Å². The van der Waals surface area contributed by atoms with Crippen LogP contribution in [0.3, 0.4) is 0 Å². The number of carbonyl (C=O) groups is 3. The molecule has 1 saturated heterocycles. The molecule has 7 heteroatoms. The van der Waals surface area contributed by atoms with E-state index in [2.05, 4.69) is 5.32 Å². The molecule has 0 bridgehead atoms. The summed E-state index contributed by atoms with van der Waals surface area (Å²) in [5, 5.41) is 4.60. The molecule has 1 aliphatic rings. The second-order valence-electron chi connectivity index (χ2n) is 6.52. The third-order valence-electron chi connectivity index (χ3n) is 4.57. The zero-order valence-corrected chi connectivity index (χ0v) is 16.0. The SMILES string of the molecule is C[C@@H]1CCCCN1C(=O)COC(=O)c1ccc(NC(=O)c2cccs2)cc1. The molecule has 6 nitrogen and oxygen atoms in total. The summed E-state index contributed by atoms with van der Waals surface area (Å²) in [5.41, 5.74) is 0.923. The Kier molecular flexibility index (Phi) is 6.24. The number of likely N-dealkylation sites (tertiary alicyclic amines) is 1. The average Bonchev–Trinajstić information content (AvgIpc) is 3.22. The van der Waals surface area contributed by atoms with Gasteiger partial charge in [-0.15, -0.1) is 11.3 Å². The number of ether oxygens (including phenoxy) is 1. The molecule has 2 heterocycles. The lowest BCUT2D eigenvalue weighted by Gasteiger charge is -2.33. The molecular weight excluding hydrogens is 364 g/mol. The van der Waals surface area contributed by atoms with E-state index in [1.165, 1.54) is 11.3 Å². The van der Waals surface area contributed by atoms with Crippen LogP contribution in [0.25, 0.3) is 0 Å². The minimum absolute atomic E-state index is 0.157. The van der Waals surface area contributed by atoms with Gasteiger partial charge in [-0.1, -0.05) is 6.07 Å². The average molecular weight is 386 g/mol. The smallest absolute Gasteiger partial charge is 0.338 e. The number of benzene rings is 1. The minimum atomic E-state index is -0.552. The van der Waals surface area contributed by atoms with Gasteiger partial charge >= 0.3 is 5.97 Å². The molecule has 142 valence electrons. The molecule has 0 radical (unpaired) electrons. The van der Waals surface area contributed by atoms with Gasteiger partial charge in [0.25, 0.3) is 11.8 Å². The standard InChI is InChI=1S/C20H22N2O4S/c1-14-5-2-3-11-22(14)18(23)13-26-20(25)15-7-9-16(10-8-15)21-19(24)17-6-4-12-27-17/h4,6-10,12,14H,2-3,5,11,13H2,1H3,(H,21,24)/t14-/m1/s1. The fraction of sp³-hybridized carbons (Fsp3) is 0.350. The largest absolute Gasteiger partial charge is 0.452 e. The van der Waals surface area contributed by atoms with Crippen molar-refractivity contribution in [1.29, 1.82) is 0 Å². The first-order valence-electron chi connectivity index (χ1n) is 8.96. The van der Waals surface area contributed by atoms with Crippen molar-refractivity contribution >= 4 is 34.8 Å². The van der Waals surface area contributed by atoms with Crippen LogP contribution in [0, 0.1) is 0 Å². The van der Waals surface area contributed by atoms with E-state index >= 15 is 0 Å². The summed E-state index contributed by atoms with van der Waals surface area (Å²) in [6, 6.07) is 10.2. The Morgan fingerprint density at radius 3 is 2.63 bits per heavy atom. The quantitative estimate of drug-likeness (QED) is 0.797. The molecule has 0 aliphatic carbocycles. The van der Waals surface area contributed by atoms with Gasteiger partial charge in [0.15, 0.2) is 6.61 Å². The van der Waals surface area contributed by atoms with Crippen molar-refractivity contribution in [2.45, 2.75) is 32.2 Å². The van der Waals surface area contributed by atoms with Crippen molar-refractivity contribution in [2.75, 3.05) is 18.5 Å². The van der Waals surface area contributed by atoms with Crippen LogP contribution in [0.1, 0.15) is 46.2 Å². The number of esters is 1. The summed E-state index contributed by atoms with van der Waals surface area (Å²) < 4.78 is 5.16. The first-order valence-corrected chi connectivity index (χ1v) is 9.84. The lowest BCUT2D eigenvalue weighted by molar-refractivity contribution is -0.137. The highest BCUT2D eigenvalue weighted by molar-refractivity contribution is 7.12. The van der Waals surface area contributed by atoms with Gasteiger partial charge in [-0.05, 0) is 61.9 Å². The van der Waals surface area contributed by atoms with Gasteiger partial charge in [-0.3, -0.25) is 9.59 Å². The van der Waals surface area contributed by atoms with Crippen molar-refractivity contribution in [3.05, 3.63) is 52.2 Å². The molecule has 2 aromatic rings. The van der Waals surface area contributed by atoms with E-state index in [9.17, 15) is 14.4 Å².